The largest absolute Gasteiger partial charge is 0.347 e. The fourth-order valence-electron chi connectivity index (χ4n) is 2.28. The number of amides is 1. The van der Waals surface area contributed by atoms with Crippen LogP contribution in [0, 0.1) is 0 Å². The lowest BCUT2D eigenvalue weighted by molar-refractivity contribution is 0.0952. The van der Waals surface area contributed by atoms with Crippen molar-refractivity contribution in [1.82, 2.24) is 15.6 Å². The minimum Gasteiger partial charge on any atom is -0.347 e. The van der Waals surface area contributed by atoms with Crippen molar-refractivity contribution in [2.75, 3.05) is 19.6 Å². The summed E-state index contributed by atoms with van der Waals surface area (Å²) in [7, 11) is 0. The highest BCUT2D eigenvalue weighted by Crippen LogP contribution is 2.32. The number of rotatable bonds is 4. The van der Waals surface area contributed by atoms with Crippen molar-refractivity contribution in [1.29, 1.82) is 0 Å². The first-order valence-corrected chi connectivity index (χ1v) is 8.85. The molecule has 4 nitrogen and oxygen atoms in total. The number of carbonyl (C=O) groups is 1. The minimum absolute atomic E-state index is 0.169. The Morgan fingerprint density at radius 1 is 1.39 bits per heavy atom. The van der Waals surface area contributed by atoms with Gasteiger partial charge in [-0.25, -0.2) is 4.98 Å². The van der Waals surface area contributed by atoms with Gasteiger partial charge in [-0.2, -0.15) is 0 Å². The van der Waals surface area contributed by atoms with Crippen molar-refractivity contribution in [2.24, 2.45) is 0 Å². The first kappa shape index (κ1) is 16.5. The van der Waals surface area contributed by atoms with Crippen LogP contribution in [-0.2, 0) is 0 Å². The maximum atomic E-state index is 12.2. The van der Waals surface area contributed by atoms with Gasteiger partial charge in [-0.3, -0.25) is 4.79 Å². The molecule has 0 atom stereocenters. The molecular formula is C16H15Cl2N3OS. The van der Waals surface area contributed by atoms with Crippen molar-refractivity contribution >= 4 is 40.4 Å². The van der Waals surface area contributed by atoms with E-state index in [1.54, 1.807) is 17.5 Å². The number of hydrogen-bond acceptors (Lipinski definition) is 4. The van der Waals surface area contributed by atoms with Crippen LogP contribution in [0.5, 0.6) is 0 Å². The van der Waals surface area contributed by atoms with Crippen LogP contribution in [0.3, 0.4) is 0 Å². The van der Waals surface area contributed by atoms with Crippen LogP contribution in [0.25, 0.3) is 10.6 Å². The molecule has 2 N–H and O–H groups in total. The van der Waals surface area contributed by atoms with Crippen LogP contribution >= 0.6 is 34.5 Å². The molecule has 0 fully saturated rings. The van der Waals surface area contributed by atoms with Gasteiger partial charge in [0.2, 0.25) is 0 Å². The van der Waals surface area contributed by atoms with Crippen molar-refractivity contribution in [2.45, 2.75) is 6.42 Å². The van der Waals surface area contributed by atoms with Crippen LogP contribution in [0.2, 0.25) is 10.0 Å². The van der Waals surface area contributed by atoms with E-state index >= 15 is 0 Å². The Balaban J connectivity index is 1.68. The molecule has 0 aliphatic carbocycles. The quantitative estimate of drug-likeness (QED) is 0.808. The van der Waals surface area contributed by atoms with E-state index in [1.807, 2.05) is 6.07 Å². The highest BCUT2D eigenvalue weighted by atomic mass is 35.5. The molecule has 0 saturated carbocycles. The number of aromatic nitrogens is 1. The molecule has 23 heavy (non-hydrogen) atoms. The zero-order chi connectivity index (χ0) is 16.2. The molecule has 2 aromatic rings. The third-order valence-electron chi connectivity index (χ3n) is 3.53. The molecule has 2 heterocycles. The molecule has 0 radical (unpaired) electrons. The number of benzene rings is 1. The van der Waals surface area contributed by atoms with Crippen molar-refractivity contribution in [3.05, 3.63) is 51.0 Å². The summed E-state index contributed by atoms with van der Waals surface area (Å²) in [4.78, 5) is 16.6. The molecule has 1 aromatic carbocycles. The fourth-order valence-corrected chi connectivity index (χ4v) is 3.67. The van der Waals surface area contributed by atoms with E-state index in [1.165, 1.54) is 16.9 Å². The molecule has 0 unspecified atom stereocenters. The normalized spacial score (nSPS) is 14.4. The second-order valence-electron chi connectivity index (χ2n) is 5.16. The van der Waals surface area contributed by atoms with E-state index in [-0.39, 0.29) is 5.91 Å². The summed E-state index contributed by atoms with van der Waals surface area (Å²) in [5, 5.41) is 9.70. The number of halogens is 2. The zero-order valence-electron chi connectivity index (χ0n) is 12.2. The van der Waals surface area contributed by atoms with E-state index in [0.717, 1.165) is 25.1 Å². The van der Waals surface area contributed by atoms with Gasteiger partial charge < -0.3 is 10.6 Å². The van der Waals surface area contributed by atoms with Gasteiger partial charge in [0, 0.05) is 29.1 Å². The van der Waals surface area contributed by atoms with Gasteiger partial charge in [0.25, 0.3) is 5.91 Å². The second kappa shape index (κ2) is 7.45. The highest BCUT2D eigenvalue weighted by Gasteiger charge is 2.14. The first-order valence-electron chi connectivity index (χ1n) is 7.21. The summed E-state index contributed by atoms with van der Waals surface area (Å²) < 4.78 is 0. The van der Waals surface area contributed by atoms with Crippen LogP contribution in [0.1, 0.15) is 16.9 Å². The van der Waals surface area contributed by atoms with Gasteiger partial charge in [0.1, 0.15) is 10.7 Å². The van der Waals surface area contributed by atoms with E-state index in [0.29, 0.717) is 27.3 Å². The summed E-state index contributed by atoms with van der Waals surface area (Å²) in [5.74, 6) is -0.169. The molecule has 7 heteroatoms. The highest BCUT2D eigenvalue weighted by molar-refractivity contribution is 7.13. The van der Waals surface area contributed by atoms with E-state index in [9.17, 15) is 4.79 Å². The lowest BCUT2D eigenvalue weighted by Gasteiger charge is -2.14. The van der Waals surface area contributed by atoms with Gasteiger partial charge in [0.05, 0.1) is 5.02 Å². The van der Waals surface area contributed by atoms with E-state index in [2.05, 4.69) is 21.7 Å². The van der Waals surface area contributed by atoms with E-state index in [4.69, 9.17) is 23.2 Å². The first-order chi connectivity index (χ1) is 11.1. The molecule has 120 valence electrons. The third-order valence-corrected chi connectivity index (χ3v) is 4.96. The Kier molecular flexibility index (Phi) is 5.33. The molecule has 3 rings (SSSR count). The maximum absolute atomic E-state index is 12.2. The van der Waals surface area contributed by atoms with Gasteiger partial charge in [-0.05, 0) is 31.2 Å². The number of carbonyl (C=O) groups excluding carboxylic acids is 1. The lowest BCUT2D eigenvalue weighted by atomic mass is 10.1. The number of nitrogens with one attached hydrogen (secondary N) is 2. The summed E-state index contributed by atoms with van der Waals surface area (Å²) in [5.41, 5.74) is 2.43. The third kappa shape index (κ3) is 4.12. The van der Waals surface area contributed by atoms with Gasteiger partial charge in [0.15, 0.2) is 0 Å². The average molecular weight is 368 g/mol. The molecule has 0 bridgehead atoms. The zero-order valence-corrected chi connectivity index (χ0v) is 14.6. The molecule has 0 spiro atoms. The molecular weight excluding hydrogens is 353 g/mol. The van der Waals surface area contributed by atoms with Crippen LogP contribution in [-0.4, -0.2) is 30.5 Å². The SMILES string of the molecule is O=C(NCC1=CCNCC1)c1csc(-c2ccc(Cl)cc2Cl)n1. The van der Waals surface area contributed by atoms with Crippen molar-refractivity contribution in [3.8, 4) is 10.6 Å². The summed E-state index contributed by atoms with van der Waals surface area (Å²) in [6, 6.07) is 5.24. The van der Waals surface area contributed by atoms with Crippen LogP contribution < -0.4 is 10.6 Å². The Morgan fingerprint density at radius 2 is 2.26 bits per heavy atom. The van der Waals surface area contributed by atoms with Crippen molar-refractivity contribution < 1.29 is 4.79 Å². The Morgan fingerprint density at radius 3 is 3.00 bits per heavy atom. The molecule has 1 aliphatic heterocycles. The predicted molar refractivity (Wildman–Crippen MR) is 95.5 cm³/mol. The smallest absolute Gasteiger partial charge is 0.271 e. The summed E-state index contributed by atoms with van der Waals surface area (Å²) >= 11 is 13.5. The van der Waals surface area contributed by atoms with Crippen molar-refractivity contribution in [3.63, 3.8) is 0 Å². The fraction of sp³-hybridized carbons (Fsp3) is 0.250. The van der Waals surface area contributed by atoms with E-state index < -0.39 is 0 Å². The summed E-state index contributed by atoms with van der Waals surface area (Å²) in [6.07, 6.45) is 3.08. The topological polar surface area (TPSA) is 54.0 Å². The van der Waals surface area contributed by atoms with Gasteiger partial charge in [-0.15, -0.1) is 11.3 Å². The van der Waals surface area contributed by atoms with Crippen LogP contribution in [0.4, 0.5) is 0 Å². The minimum atomic E-state index is -0.169. The second-order valence-corrected chi connectivity index (χ2v) is 6.86. The standard InChI is InChI=1S/C16H15Cl2N3OS/c17-11-1-2-12(13(18)7-11)16-21-14(9-23-16)15(22)20-8-10-3-5-19-6-4-10/h1-3,7,9,19H,4-6,8H2,(H,20,22). The predicted octanol–water partition coefficient (Wildman–Crippen LogP) is 3.77. The monoisotopic (exact) mass is 367 g/mol. The number of thiazole rings is 1. The van der Waals surface area contributed by atoms with Gasteiger partial charge in [-0.1, -0.05) is 34.9 Å². The Bertz CT molecular complexity index is 758. The molecule has 1 amide bonds. The summed E-state index contributed by atoms with van der Waals surface area (Å²) in [6.45, 7) is 2.38. The molecule has 0 saturated heterocycles. The molecule has 1 aliphatic rings. The lowest BCUT2D eigenvalue weighted by Crippen LogP contribution is -2.29. The Labute approximate surface area is 148 Å². The number of nitrogens with zero attached hydrogens (tertiary/aromatic N) is 1. The maximum Gasteiger partial charge on any atom is 0.271 e. The average Bonchev–Trinajstić information content (AvgIpc) is 3.03. The number of hydrogen-bond donors (Lipinski definition) is 2. The van der Waals surface area contributed by atoms with Gasteiger partial charge >= 0.3 is 0 Å². The molecule has 1 aromatic heterocycles. The van der Waals surface area contributed by atoms with Crippen LogP contribution in [0.15, 0.2) is 35.2 Å². The Hall–Kier alpha value is -1.40.